The molecule has 8 heteroatoms. The number of hydrogen-bond donors (Lipinski definition) is 1. The Morgan fingerprint density at radius 3 is 2.69 bits per heavy atom. The molecule has 0 saturated carbocycles. The lowest BCUT2D eigenvalue weighted by atomic mass is 10.2. The summed E-state index contributed by atoms with van der Waals surface area (Å²) in [5.41, 5.74) is 1.18. The van der Waals surface area contributed by atoms with Crippen LogP contribution in [-0.4, -0.2) is 61.0 Å². The summed E-state index contributed by atoms with van der Waals surface area (Å²) >= 11 is 1.45. The van der Waals surface area contributed by atoms with Crippen LogP contribution in [0.15, 0.2) is 41.7 Å². The molecule has 3 rings (SSSR count). The van der Waals surface area contributed by atoms with E-state index in [9.17, 15) is 4.79 Å². The summed E-state index contributed by atoms with van der Waals surface area (Å²) < 4.78 is 5.33. The Kier molecular flexibility index (Phi) is 7.57. The predicted molar refractivity (Wildman–Crippen MR) is 118 cm³/mol. The highest BCUT2D eigenvalue weighted by atomic mass is 32.2. The van der Waals surface area contributed by atoms with Crippen LogP contribution in [0.4, 0.5) is 11.5 Å². The van der Waals surface area contributed by atoms with E-state index in [4.69, 9.17) is 4.74 Å². The molecular weight excluding hydrogens is 386 g/mol. The van der Waals surface area contributed by atoms with Crippen molar-refractivity contribution in [2.45, 2.75) is 31.3 Å². The minimum atomic E-state index is 0.0383. The van der Waals surface area contributed by atoms with Gasteiger partial charge in [-0.05, 0) is 25.5 Å². The highest BCUT2D eigenvalue weighted by Gasteiger charge is 2.19. The lowest BCUT2D eigenvalue weighted by Gasteiger charge is -2.36. The van der Waals surface area contributed by atoms with Gasteiger partial charge in [0.15, 0.2) is 0 Å². The van der Waals surface area contributed by atoms with Crippen molar-refractivity contribution >= 4 is 29.2 Å². The van der Waals surface area contributed by atoms with Crippen LogP contribution in [0.2, 0.25) is 0 Å². The molecule has 1 unspecified atom stereocenters. The molecular formula is C21H29N5O2S. The molecule has 29 heavy (non-hydrogen) atoms. The second-order valence-electron chi connectivity index (χ2n) is 7.06. The molecule has 1 amide bonds. The molecule has 1 aliphatic heterocycles. The van der Waals surface area contributed by atoms with E-state index in [0.717, 1.165) is 49.2 Å². The van der Waals surface area contributed by atoms with Gasteiger partial charge < -0.3 is 19.9 Å². The van der Waals surface area contributed by atoms with Crippen molar-refractivity contribution in [2.24, 2.45) is 0 Å². The topological polar surface area (TPSA) is 70.6 Å². The monoisotopic (exact) mass is 415 g/mol. The van der Waals surface area contributed by atoms with Crippen LogP contribution in [0.5, 0.6) is 5.75 Å². The number of ether oxygens (including phenoxy) is 1. The molecule has 0 radical (unpaired) electrons. The molecule has 7 nitrogen and oxygen atoms in total. The minimum absolute atomic E-state index is 0.0383. The fourth-order valence-electron chi connectivity index (χ4n) is 3.14. The maximum atomic E-state index is 12.0. The largest absolute Gasteiger partial charge is 0.497 e. The van der Waals surface area contributed by atoms with Crippen LogP contribution >= 0.6 is 11.8 Å². The van der Waals surface area contributed by atoms with Gasteiger partial charge >= 0.3 is 0 Å². The zero-order valence-corrected chi connectivity index (χ0v) is 18.1. The van der Waals surface area contributed by atoms with E-state index >= 15 is 0 Å². The zero-order chi connectivity index (χ0) is 20.6. The third-order valence-electron chi connectivity index (χ3n) is 5.02. The molecule has 1 aromatic heterocycles. The molecule has 0 aliphatic carbocycles. The van der Waals surface area contributed by atoms with Gasteiger partial charge in [-0.3, -0.25) is 4.79 Å². The third kappa shape index (κ3) is 6.00. The molecule has 2 heterocycles. The molecule has 1 saturated heterocycles. The second kappa shape index (κ2) is 10.3. The van der Waals surface area contributed by atoms with E-state index in [2.05, 4.69) is 44.1 Å². The Bertz CT molecular complexity index is 811. The maximum Gasteiger partial charge on any atom is 0.230 e. The van der Waals surface area contributed by atoms with E-state index in [0.29, 0.717) is 5.75 Å². The van der Waals surface area contributed by atoms with E-state index in [1.54, 1.807) is 13.4 Å². The van der Waals surface area contributed by atoms with Gasteiger partial charge in [-0.15, -0.1) is 0 Å². The summed E-state index contributed by atoms with van der Waals surface area (Å²) in [6.07, 6.45) is 2.51. The molecule has 2 aromatic rings. The first-order chi connectivity index (χ1) is 14.1. The quantitative estimate of drug-likeness (QED) is 0.525. The van der Waals surface area contributed by atoms with Gasteiger partial charge in [0, 0.05) is 50.0 Å². The molecule has 156 valence electrons. The van der Waals surface area contributed by atoms with E-state index < -0.39 is 0 Å². The number of nitrogens with zero attached hydrogens (tertiary/aromatic N) is 4. The second-order valence-corrected chi connectivity index (χ2v) is 8.05. The number of rotatable bonds is 8. The summed E-state index contributed by atoms with van der Waals surface area (Å²) in [6.45, 7) is 7.66. The average molecular weight is 416 g/mol. The normalized spacial score (nSPS) is 15.1. The number of amides is 1. The van der Waals surface area contributed by atoms with Gasteiger partial charge in [-0.25, -0.2) is 9.97 Å². The van der Waals surface area contributed by atoms with Crippen molar-refractivity contribution in [2.75, 3.05) is 48.8 Å². The Hall–Kier alpha value is -2.48. The van der Waals surface area contributed by atoms with Crippen LogP contribution in [0.1, 0.15) is 20.3 Å². The van der Waals surface area contributed by atoms with E-state index in [1.807, 2.05) is 25.1 Å². The number of carbonyl (C=O) groups is 1. The number of carbonyl (C=O) groups excluding carboxylic acids is 1. The highest BCUT2D eigenvalue weighted by molar-refractivity contribution is 7.99. The first-order valence-electron chi connectivity index (χ1n) is 9.97. The van der Waals surface area contributed by atoms with Crippen LogP contribution in [0.3, 0.4) is 0 Å². The minimum Gasteiger partial charge on any atom is -0.497 e. The van der Waals surface area contributed by atoms with Gasteiger partial charge in [0.05, 0.1) is 12.9 Å². The smallest absolute Gasteiger partial charge is 0.230 e. The van der Waals surface area contributed by atoms with Crippen molar-refractivity contribution in [3.63, 3.8) is 0 Å². The van der Waals surface area contributed by atoms with Gasteiger partial charge in [-0.1, -0.05) is 24.8 Å². The standard InChI is InChI=1S/C21H29N5O2S/c1-4-16(2)24-20(27)14-29-21-13-19(22-15-23-21)26-10-8-25(9-11-26)17-6-5-7-18(12-17)28-3/h5-7,12-13,15-16H,4,8-11,14H2,1-3H3,(H,24,27). The first kappa shape index (κ1) is 21.2. The van der Waals surface area contributed by atoms with Crippen molar-refractivity contribution in [1.82, 2.24) is 15.3 Å². The third-order valence-corrected chi connectivity index (χ3v) is 5.95. The van der Waals surface area contributed by atoms with Crippen LogP contribution in [0, 0.1) is 0 Å². The summed E-state index contributed by atoms with van der Waals surface area (Å²) in [5.74, 6) is 2.19. The summed E-state index contributed by atoms with van der Waals surface area (Å²) in [4.78, 5) is 25.4. The molecule has 1 N–H and O–H groups in total. The lowest BCUT2D eigenvalue weighted by molar-refractivity contribution is -0.119. The fraction of sp³-hybridized carbons (Fsp3) is 0.476. The summed E-state index contributed by atoms with van der Waals surface area (Å²) in [7, 11) is 1.69. The number of methoxy groups -OCH3 is 1. The van der Waals surface area contributed by atoms with Gasteiger partial charge in [0.2, 0.25) is 5.91 Å². The van der Waals surface area contributed by atoms with Crippen molar-refractivity contribution < 1.29 is 9.53 Å². The van der Waals surface area contributed by atoms with Crippen LogP contribution < -0.4 is 19.9 Å². The Morgan fingerprint density at radius 1 is 1.21 bits per heavy atom. The van der Waals surface area contributed by atoms with E-state index in [1.165, 1.54) is 17.4 Å². The Balaban J connectivity index is 1.54. The van der Waals surface area contributed by atoms with E-state index in [-0.39, 0.29) is 11.9 Å². The fourth-order valence-corrected chi connectivity index (χ4v) is 3.81. The molecule has 0 bridgehead atoms. The number of benzene rings is 1. The number of thioether (sulfide) groups is 1. The average Bonchev–Trinajstić information content (AvgIpc) is 2.78. The number of nitrogens with one attached hydrogen (secondary N) is 1. The molecule has 1 fully saturated rings. The summed E-state index contributed by atoms with van der Waals surface area (Å²) in [6, 6.07) is 10.3. The van der Waals surface area contributed by atoms with Crippen molar-refractivity contribution in [3.05, 3.63) is 36.7 Å². The van der Waals surface area contributed by atoms with Gasteiger partial charge in [-0.2, -0.15) is 0 Å². The number of piperazine rings is 1. The van der Waals surface area contributed by atoms with Crippen molar-refractivity contribution in [1.29, 1.82) is 0 Å². The molecule has 1 aromatic carbocycles. The van der Waals surface area contributed by atoms with Gasteiger partial charge in [0.1, 0.15) is 22.9 Å². The predicted octanol–water partition coefficient (Wildman–Crippen LogP) is 2.82. The number of aromatic nitrogens is 2. The number of anilines is 2. The highest BCUT2D eigenvalue weighted by Crippen LogP contribution is 2.24. The SMILES string of the molecule is CCC(C)NC(=O)CSc1cc(N2CCN(c3cccc(OC)c3)CC2)ncn1. The Labute approximate surface area is 176 Å². The maximum absolute atomic E-state index is 12.0. The van der Waals surface area contributed by atoms with Crippen molar-refractivity contribution in [3.8, 4) is 5.75 Å². The van der Waals surface area contributed by atoms with Gasteiger partial charge in [0.25, 0.3) is 0 Å². The number of hydrogen-bond acceptors (Lipinski definition) is 7. The molecule has 0 spiro atoms. The Morgan fingerprint density at radius 2 is 1.97 bits per heavy atom. The summed E-state index contributed by atoms with van der Waals surface area (Å²) in [5, 5.41) is 3.80. The molecule has 1 atom stereocenters. The first-order valence-corrected chi connectivity index (χ1v) is 11.0. The lowest BCUT2D eigenvalue weighted by Crippen LogP contribution is -2.46. The molecule has 1 aliphatic rings. The zero-order valence-electron chi connectivity index (χ0n) is 17.3. The van der Waals surface area contributed by atoms with Crippen LogP contribution in [0.25, 0.3) is 0 Å². The van der Waals surface area contributed by atoms with Crippen LogP contribution in [-0.2, 0) is 4.79 Å².